The van der Waals surface area contributed by atoms with Crippen molar-refractivity contribution in [3.05, 3.63) is 89.5 Å². The van der Waals surface area contributed by atoms with E-state index in [4.69, 9.17) is 4.74 Å². The maximum Gasteiger partial charge on any atom is 0.416 e. The van der Waals surface area contributed by atoms with Crippen LogP contribution in [0.1, 0.15) is 21.5 Å². The van der Waals surface area contributed by atoms with Crippen molar-refractivity contribution in [2.75, 3.05) is 18.9 Å². The fourth-order valence-electron chi connectivity index (χ4n) is 3.19. The van der Waals surface area contributed by atoms with Gasteiger partial charge in [-0.2, -0.15) is 13.2 Å². The number of para-hydroxylation sites is 2. The van der Waals surface area contributed by atoms with Crippen LogP contribution in [-0.4, -0.2) is 33.4 Å². The number of hydrogen-bond donors (Lipinski definition) is 1. The largest absolute Gasteiger partial charge is 0.495 e. The highest BCUT2D eigenvalue weighted by Crippen LogP contribution is 2.32. The molecule has 3 aromatic carbocycles. The molecule has 0 aliphatic heterocycles. The molecule has 0 saturated heterocycles. The first-order valence-electron chi connectivity index (χ1n) is 9.69. The van der Waals surface area contributed by atoms with Crippen LogP contribution in [0.2, 0.25) is 0 Å². The minimum absolute atomic E-state index is 0.0407. The third kappa shape index (κ3) is 5.64. The van der Waals surface area contributed by atoms with Gasteiger partial charge in [-0.3, -0.25) is 9.52 Å². The minimum atomic E-state index is -4.54. The molecule has 0 aromatic heterocycles. The van der Waals surface area contributed by atoms with E-state index in [1.54, 1.807) is 24.3 Å². The number of alkyl halides is 3. The Hall–Kier alpha value is -3.53. The van der Waals surface area contributed by atoms with E-state index < -0.39 is 27.7 Å². The zero-order valence-corrected chi connectivity index (χ0v) is 18.6. The Morgan fingerprint density at radius 3 is 2.21 bits per heavy atom. The van der Waals surface area contributed by atoms with Gasteiger partial charge in [0, 0.05) is 19.2 Å². The summed E-state index contributed by atoms with van der Waals surface area (Å²) in [6, 6.07) is 16.6. The molecule has 0 atom stereocenters. The normalized spacial score (nSPS) is 11.7. The molecule has 174 valence electrons. The molecule has 0 heterocycles. The molecule has 1 N–H and O–H groups in total. The molecule has 0 aliphatic rings. The molecule has 0 spiro atoms. The Labute approximate surface area is 189 Å². The van der Waals surface area contributed by atoms with Crippen molar-refractivity contribution < 1.29 is 31.1 Å². The number of hydrogen-bond acceptors (Lipinski definition) is 4. The number of nitrogens with one attached hydrogen (secondary N) is 1. The molecule has 1 amide bonds. The first-order chi connectivity index (χ1) is 15.5. The number of rotatable bonds is 7. The molecule has 3 rings (SSSR count). The lowest BCUT2D eigenvalue weighted by atomic mass is 10.1. The quantitative estimate of drug-likeness (QED) is 0.530. The monoisotopic (exact) mass is 478 g/mol. The molecule has 3 aromatic rings. The minimum Gasteiger partial charge on any atom is -0.495 e. The van der Waals surface area contributed by atoms with E-state index in [-0.39, 0.29) is 28.3 Å². The summed E-state index contributed by atoms with van der Waals surface area (Å²) >= 11 is 0. The third-order valence-electron chi connectivity index (χ3n) is 4.84. The summed E-state index contributed by atoms with van der Waals surface area (Å²) in [5, 5.41) is 0. The van der Waals surface area contributed by atoms with Crippen LogP contribution >= 0.6 is 0 Å². The predicted octanol–water partition coefficient (Wildman–Crippen LogP) is 4.79. The number of anilines is 1. The van der Waals surface area contributed by atoms with Gasteiger partial charge in [-0.15, -0.1) is 0 Å². The highest BCUT2D eigenvalue weighted by Gasteiger charge is 2.33. The molecule has 0 bridgehead atoms. The summed E-state index contributed by atoms with van der Waals surface area (Å²) in [7, 11) is -1.17. The van der Waals surface area contributed by atoms with E-state index >= 15 is 0 Å². The fourth-order valence-corrected chi connectivity index (χ4v) is 4.26. The summed E-state index contributed by atoms with van der Waals surface area (Å²) in [5.74, 6) is -0.206. The van der Waals surface area contributed by atoms with Crippen LogP contribution in [0.25, 0.3) is 0 Å². The van der Waals surface area contributed by atoms with E-state index in [2.05, 4.69) is 4.72 Å². The van der Waals surface area contributed by atoms with Crippen LogP contribution in [-0.2, 0) is 22.7 Å². The fraction of sp³-hybridized carbons (Fsp3) is 0.174. The van der Waals surface area contributed by atoms with Gasteiger partial charge in [0.2, 0.25) is 0 Å². The van der Waals surface area contributed by atoms with Crippen molar-refractivity contribution in [3.8, 4) is 5.75 Å². The van der Waals surface area contributed by atoms with Gasteiger partial charge >= 0.3 is 6.18 Å². The van der Waals surface area contributed by atoms with Gasteiger partial charge < -0.3 is 9.64 Å². The van der Waals surface area contributed by atoms with E-state index in [1.165, 1.54) is 56.6 Å². The Morgan fingerprint density at radius 1 is 0.970 bits per heavy atom. The number of halogens is 3. The zero-order chi connectivity index (χ0) is 24.2. The molecule has 10 heteroatoms. The Balaban J connectivity index is 1.76. The number of nitrogens with zero attached hydrogens (tertiary/aromatic N) is 1. The number of benzene rings is 3. The highest BCUT2D eigenvalue weighted by atomic mass is 32.2. The van der Waals surface area contributed by atoms with Crippen LogP contribution in [0.3, 0.4) is 0 Å². The number of sulfonamides is 1. The second kappa shape index (κ2) is 9.53. The van der Waals surface area contributed by atoms with Crippen molar-refractivity contribution in [3.63, 3.8) is 0 Å². The maximum atomic E-state index is 13.2. The van der Waals surface area contributed by atoms with Crippen molar-refractivity contribution in [1.29, 1.82) is 0 Å². The van der Waals surface area contributed by atoms with Gasteiger partial charge in [0.25, 0.3) is 15.9 Å². The van der Waals surface area contributed by atoms with Gasteiger partial charge in [-0.25, -0.2) is 8.42 Å². The number of methoxy groups -OCH3 is 1. The molecule has 0 fully saturated rings. The van der Waals surface area contributed by atoms with Crippen LogP contribution in [0.5, 0.6) is 5.75 Å². The van der Waals surface area contributed by atoms with E-state index in [9.17, 15) is 26.4 Å². The average Bonchev–Trinajstić information content (AvgIpc) is 2.78. The lowest BCUT2D eigenvalue weighted by Crippen LogP contribution is -2.27. The van der Waals surface area contributed by atoms with Crippen LogP contribution in [0, 0.1) is 0 Å². The molecule has 33 heavy (non-hydrogen) atoms. The number of carbonyl (C=O) groups is 1. The summed E-state index contributed by atoms with van der Waals surface area (Å²) in [5.41, 5.74) is -0.462. The lowest BCUT2D eigenvalue weighted by molar-refractivity contribution is -0.138. The van der Waals surface area contributed by atoms with Gasteiger partial charge in [0.05, 0.1) is 23.3 Å². The number of ether oxygens (including phenoxy) is 1. The molecule has 6 nitrogen and oxygen atoms in total. The number of carbonyl (C=O) groups excluding carboxylic acids is 1. The Bertz CT molecular complexity index is 1240. The van der Waals surface area contributed by atoms with Crippen LogP contribution < -0.4 is 9.46 Å². The molecular weight excluding hydrogens is 457 g/mol. The van der Waals surface area contributed by atoms with Crippen LogP contribution in [0.4, 0.5) is 18.9 Å². The van der Waals surface area contributed by atoms with Crippen molar-refractivity contribution in [1.82, 2.24) is 4.90 Å². The molecular formula is C23H21F3N2O4S. The zero-order valence-electron chi connectivity index (χ0n) is 17.8. The third-order valence-corrected chi connectivity index (χ3v) is 6.22. The van der Waals surface area contributed by atoms with Gasteiger partial charge in [-0.05, 0) is 48.0 Å². The number of amides is 1. The Morgan fingerprint density at radius 2 is 1.58 bits per heavy atom. The maximum absolute atomic E-state index is 13.2. The van der Waals surface area contributed by atoms with Gasteiger partial charge in [0.15, 0.2) is 0 Å². The van der Waals surface area contributed by atoms with E-state index in [1.807, 2.05) is 0 Å². The molecule has 0 unspecified atom stereocenters. The van der Waals surface area contributed by atoms with E-state index in [0.717, 1.165) is 11.0 Å². The average molecular weight is 478 g/mol. The van der Waals surface area contributed by atoms with Crippen molar-refractivity contribution in [2.45, 2.75) is 17.6 Å². The van der Waals surface area contributed by atoms with E-state index in [0.29, 0.717) is 5.75 Å². The molecule has 0 radical (unpaired) electrons. The van der Waals surface area contributed by atoms with Gasteiger partial charge in [-0.1, -0.05) is 30.3 Å². The topological polar surface area (TPSA) is 75.7 Å². The highest BCUT2D eigenvalue weighted by molar-refractivity contribution is 7.92. The first kappa shape index (κ1) is 24.1. The summed E-state index contributed by atoms with van der Waals surface area (Å²) in [6.07, 6.45) is -4.54. The summed E-state index contributed by atoms with van der Waals surface area (Å²) in [4.78, 5) is 13.8. The smallest absolute Gasteiger partial charge is 0.416 e. The van der Waals surface area contributed by atoms with Crippen molar-refractivity contribution >= 4 is 21.6 Å². The SMILES string of the molecule is COc1ccccc1NS(=O)(=O)c1ccc(C(=O)N(C)Cc2ccccc2C(F)(F)F)cc1. The van der Waals surface area contributed by atoms with Gasteiger partial charge in [0.1, 0.15) is 5.75 Å². The van der Waals surface area contributed by atoms with Crippen LogP contribution in [0.15, 0.2) is 77.7 Å². The second-order valence-corrected chi connectivity index (χ2v) is 8.83. The second-order valence-electron chi connectivity index (χ2n) is 7.15. The predicted molar refractivity (Wildman–Crippen MR) is 117 cm³/mol. The molecule has 0 aliphatic carbocycles. The first-order valence-corrected chi connectivity index (χ1v) is 11.2. The summed E-state index contributed by atoms with van der Waals surface area (Å²) in [6.45, 7) is -0.260. The summed E-state index contributed by atoms with van der Waals surface area (Å²) < 4.78 is 72.6. The standard InChI is InChI=1S/C23H21F3N2O4S/c1-28(15-17-7-3-4-8-19(17)23(24,25)26)22(29)16-11-13-18(14-12-16)33(30,31)27-20-9-5-6-10-21(20)32-2/h3-14,27H,15H2,1-2H3. The lowest BCUT2D eigenvalue weighted by Gasteiger charge is -2.20. The molecule has 0 saturated carbocycles. The van der Waals surface area contributed by atoms with Crippen molar-refractivity contribution in [2.24, 2.45) is 0 Å². The Kier molecular flexibility index (Phi) is 6.97.